The summed E-state index contributed by atoms with van der Waals surface area (Å²) in [5, 5.41) is 0. The predicted molar refractivity (Wildman–Crippen MR) is 76.0 cm³/mol. The molecule has 0 saturated heterocycles. The zero-order valence-corrected chi connectivity index (χ0v) is 11.8. The van der Waals surface area contributed by atoms with Crippen molar-refractivity contribution >= 4 is 5.78 Å². The van der Waals surface area contributed by atoms with Crippen LogP contribution in [0.5, 0.6) is 0 Å². The average molecular weight is 244 g/mol. The van der Waals surface area contributed by atoms with Gasteiger partial charge < -0.3 is 0 Å². The van der Waals surface area contributed by atoms with Crippen LogP contribution in [0.1, 0.15) is 62.6 Å². The quantitative estimate of drug-likeness (QED) is 0.772. The summed E-state index contributed by atoms with van der Waals surface area (Å²) in [4.78, 5) is 12.1. The summed E-state index contributed by atoms with van der Waals surface area (Å²) >= 11 is 0. The van der Waals surface area contributed by atoms with Crippen molar-refractivity contribution in [3.8, 4) is 0 Å². The van der Waals surface area contributed by atoms with Crippen molar-refractivity contribution in [3.63, 3.8) is 0 Å². The highest BCUT2D eigenvalue weighted by atomic mass is 16.1. The topological polar surface area (TPSA) is 17.1 Å². The second-order valence-electron chi connectivity index (χ2n) is 5.78. The van der Waals surface area contributed by atoms with Crippen LogP contribution in [0.25, 0.3) is 0 Å². The van der Waals surface area contributed by atoms with Gasteiger partial charge in [0.25, 0.3) is 0 Å². The van der Waals surface area contributed by atoms with Gasteiger partial charge in [-0.15, -0.1) is 0 Å². The van der Waals surface area contributed by atoms with E-state index < -0.39 is 0 Å². The molecule has 2 rings (SSSR count). The van der Waals surface area contributed by atoms with Crippen LogP contribution < -0.4 is 0 Å². The maximum Gasteiger partial charge on any atom is 0.140 e. The third-order valence-electron chi connectivity index (χ3n) is 4.09. The molecule has 0 aromatic heterocycles. The summed E-state index contributed by atoms with van der Waals surface area (Å²) in [5.41, 5.74) is 4.21. The number of hydrogen-bond donors (Lipinski definition) is 0. The van der Waals surface area contributed by atoms with Gasteiger partial charge in [0, 0.05) is 12.3 Å². The Labute approximate surface area is 111 Å². The predicted octanol–water partition coefficient (Wildman–Crippen LogP) is 4.28. The minimum Gasteiger partial charge on any atom is -0.299 e. The fourth-order valence-corrected chi connectivity index (χ4v) is 3.11. The number of ketones is 1. The van der Waals surface area contributed by atoms with Crippen LogP contribution in [0.4, 0.5) is 0 Å². The van der Waals surface area contributed by atoms with Crippen molar-refractivity contribution in [1.29, 1.82) is 0 Å². The number of fused-ring (bicyclic) bond motifs is 1. The molecule has 0 bridgehead atoms. The van der Waals surface area contributed by atoms with Crippen molar-refractivity contribution < 1.29 is 4.79 Å². The van der Waals surface area contributed by atoms with Gasteiger partial charge in [0.1, 0.15) is 5.78 Å². The Morgan fingerprint density at radius 3 is 2.44 bits per heavy atom. The molecule has 98 valence electrons. The molecule has 1 nitrogen and oxygen atoms in total. The van der Waals surface area contributed by atoms with Crippen molar-refractivity contribution in [1.82, 2.24) is 0 Å². The molecule has 0 amide bonds. The second kappa shape index (κ2) is 5.69. The third kappa shape index (κ3) is 2.66. The molecule has 0 fully saturated rings. The Bertz CT molecular complexity index is 431. The van der Waals surface area contributed by atoms with E-state index in [0.717, 1.165) is 0 Å². The van der Waals surface area contributed by atoms with Gasteiger partial charge in [-0.05, 0) is 48.3 Å². The van der Waals surface area contributed by atoms with Gasteiger partial charge in [0.05, 0.1) is 0 Å². The number of benzene rings is 1. The number of rotatable bonds is 4. The molecule has 1 aromatic rings. The molecule has 0 heterocycles. The molecule has 1 heteroatoms. The van der Waals surface area contributed by atoms with Gasteiger partial charge in [0.2, 0.25) is 0 Å². The fraction of sp³-hybridized carbons (Fsp3) is 0.588. The molecule has 1 aliphatic rings. The molecular formula is C17H24O. The first-order valence-corrected chi connectivity index (χ1v) is 7.28. The van der Waals surface area contributed by atoms with E-state index in [-0.39, 0.29) is 5.92 Å². The summed E-state index contributed by atoms with van der Waals surface area (Å²) in [6, 6.07) is 6.73. The van der Waals surface area contributed by atoms with Crippen molar-refractivity contribution in [2.24, 2.45) is 5.92 Å². The molecular weight excluding hydrogens is 220 g/mol. The summed E-state index contributed by atoms with van der Waals surface area (Å²) < 4.78 is 0. The van der Waals surface area contributed by atoms with Gasteiger partial charge in [-0.1, -0.05) is 39.0 Å². The summed E-state index contributed by atoms with van der Waals surface area (Å²) in [6.07, 6.45) is 5.65. The van der Waals surface area contributed by atoms with Crippen LogP contribution in [0.3, 0.4) is 0 Å². The Kier molecular flexibility index (Phi) is 4.21. The average Bonchev–Trinajstić information content (AvgIpc) is 2.38. The minimum absolute atomic E-state index is 0.0854. The lowest BCUT2D eigenvalue weighted by atomic mass is 9.81. The lowest BCUT2D eigenvalue weighted by molar-refractivity contribution is -0.121. The Hall–Kier alpha value is -1.11. The standard InChI is InChI=1S/C17H24O/c1-4-16(18)17(12(2)3)15-10-9-13-7-5-6-8-14(13)11-15/h9-12,17H,4-8H2,1-3H3. The normalized spacial score (nSPS) is 16.4. The first-order valence-electron chi connectivity index (χ1n) is 7.28. The molecule has 1 unspecified atom stereocenters. The lowest BCUT2D eigenvalue weighted by Gasteiger charge is -2.23. The Morgan fingerprint density at radius 1 is 1.17 bits per heavy atom. The van der Waals surface area contributed by atoms with Crippen molar-refractivity contribution in [2.75, 3.05) is 0 Å². The highest BCUT2D eigenvalue weighted by molar-refractivity contribution is 5.85. The molecule has 0 radical (unpaired) electrons. The zero-order chi connectivity index (χ0) is 13.1. The third-order valence-corrected chi connectivity index (χ3v) is 4.09. The minimum atomic E-state index is 0.0854. The van der Waals surface area contributed by atoms with Crippen molar-refractivity contribution in [2.45, 2.75) is 58.8 Å². The maximum absolute atomic E-state index is 12.1. The summed E-state index contributed by atoms with van der Waals surface area (Å²) in [6.45, 7) is 6.27. The number of carbonyl (C=O) groups is 1. The molecule has 0 saturated carbocycles. The zero-order valence-electron chi connectivity index (χ0n) is 11.8. The van der Waals surface area contributed by atoms with Gasteiger partial charge >= 0.3 is 0 Å². The highest BCUT2D eigenvalue weighted by Crippen LogP contribution is 2.30. The summed E-state index contributed by atoms with van der Waals surface area (Å²) in [5.74, 6) is 0.849. The van der Waals surface area contributed by atoms with E-state index in [9.17, 15) is 4.79 Å². The van der Waals surface area contributed by atoms with E-state index in [4.69, 9.17) is 0 Å². The van der Waals surface area contributed by atoms with Gasteiger partial charge in [-0.25, -0.2) is 0 Å². The van der Waals surface area contributed by atoms with Crippen LogP contribution in [0.2, 0.25) is 0 Å². The van der Waals surface area contributed by atoms with Crippen LogP contribution in [-0.2, 0) is 17.6 Å². The SMILES string of the molecule is CCC(=O)C(c1ccc2c(c1)CCCC2)C(C)C. The molecule has 18 heavy (non-hydrogen) atoms. The van der Waals surface area contributed by atoms with E-state index >= 15 is 0 Å². The number of carbonyl (C=O) groups excluding carboxylic acids is 1. The molecule has 0 aliphatic heterocycles. The molecule has 0 spiro atoms. The van der Waals surface area contributed by atoms with Crippen molar-refractivity contribution in [3.05, 3.63) is 34.9 Å². The largest absolute Gasteiger partial charge is 0.299 e. The summed E-state index contributed by atoms with van der Waals surface area (Å²) in [7, 11) is 0. The highest BCUT2D eigenvalue weighted by Gasteiger charge is 2.23. The fourth-order valence-electron chi connectivity index (χ4n) is 3.11. The Balaban J connectivity index is 2.33. The lowest BCUT2D eigenvalue weighted by Crippen LogP contribution is -2.18. The van der Waals surface area contributed by atoms with Crippen LogP contribution in [-0.4, -0.2) is 5.78 Å². The monoisotopic (exact) mass is 244 g/mol. The second-order valence-corrected chi connectivity index (χ2v) is 5.78. The molecule has 1 atom stereocenters. The number of aryl methyl sites for hydroxylation is 2. The first kappa shape index (κ1) is 13.3. The van der Waals surface area contributed by atoms with E-state index in [1.54, 1.807) is 0 Å². The smallest absolute Gasteiger partial charge is 0.140 e. The molecule has 1 aliphatic carbocycles. The van der Waals surface area contributed by atoms with Crippen LogP contribution in [0, 0.1) is 5.92 Å². The van der Waals surface area contributed by atoms with Crippen LogP contribution in [0.15, 0.2) is 18.2 Å². The molecule has 0 N–H and O–H groups in total. The van der Waals surface area contributed by atoms with E-state index in [1.807, 2.05) is 6.92 Å². The van der Waals surface area contributed by atoms with E-state index in [0.29, 0.717) is 18.1 Å². The van der Waals surface area contributed by atoms with Gasteiger partial charge in [0.15, 0.2) is 0 Å². The van der Waals surface area contributed by atoms with Crippen LogP contribution >= 0.6 is 0 Å². The van der Waals surface area contributed by atoms with E-state index in [2.05, 4.69) is 32.0 Å². The van der Waals surface area contributed by atoms with Gasteiger partial charge in [-0.3, -0.25) is 4.79 Å². The van der Waals surface area contributed by atoms with Gasteiger partial charge in [-0.2, -0.15) is 0 Å². The maximum atomic E-state index is 12.1. The van der Waals surface area contributed by atoms with E-state index in [1.165, 1.54) is 42.4 Å². The molecule has 1 aromatic carbocycles. The number of hydrogen-bond acceptors (Lipinski definition) is 1. The Morgan fingerprint density at radius 2 is 1.83 bits per heavy atom. The first-order chi connectivity index (χ1) is 8.63. The number of Topliss-reactive ketones (excluding diaryl/α,β-unsaturated/α-hetero) is 1.